The predicted octanol–water partition coefficient (Wildman–Crippen LogP) is 4.79. The van der Waals surface area contributed by atoms with Crippen molar-refractivity contribution in [3.63, 3.8) is 0 Å². The molecule has 0 bridgehead atoms. The van der Waals surface area contributed by atoms with Gasteiger partial charge in [0.25, 0.3) is 0 Å². The highest BCUT2D eigenvalue weighted by Crippen LogP contribution is 2.24. The molecule has 2 unspecified atom stereocenters. The van der Waals surface area contributed by atoms with E-state index in [9.17, 15) is 9.59 Å². The number of carbonyl (C=O) groups excluding carboxylic acids is 2. The topological polar surface area (TPSA) is 52.6 Å². The SMILES string of the molecule is COC(=O)CCCCCCCCCCC1CC(C)CCC(=O)O1. The van der Waals surface area contributed by atoms with Gasteiger partial charge in [0.05, 0.1) is 7.11 Å². The Bertz CT molecular complexity index is 340. The van der Waals surface area contributed by atoms with E-state index >= 15 is 0 Å². The quantitative estimate of drug-likeness (QED) is 0.404. The van der Waals surface area contributed by atoms with Crippen molar-refractivity contribution in [2.24, 2.45) is 5.92 Å². The molecule has 0 N–H and O–H groups in total. The Hall–Kier alpha value is -1.06. The summed E-state index contributed by atoms with van der Waals surface area (Å²) in [5.41, 5.74) is 0. The monoisotopic (exact) mass is 326 g/mol. The van der Waals surface area contributed by atoms with Gasteiger partial charge in [-0.05, 0) is 38.0 Å². The smallest absolute Gasteiger partial charge is 0.306 e. The molecule has 0 amide bonds. The minimum absolute atomic E-state index is 0.00805. The number of unbranched alkanes of at least 4 members (excludes halogenated alkanes) is 7. The Morgan fingerprint density at radius 2 is 1.70 bits per heavy atom. The molecule has 4 nitrogen and oxygen atoms in total. The lowest BCUT2D eigenvalue weighted by Crippen LogP contribution is -2.16. The molecule has 1 fully saturated rings. The van der Waals surface area contributed by atoms with Crippen LogP contribution in [0.4, 0.5) is 0 Å². The summed E-state index contributed by atoms with van der Waals surface area (Å²) in [5.74, 6) is 0.501. The molecule has 0 radical (unpaired) electrons. The molecule has 0 saturated carbocycles. The first kappa shape index (κ1) is 20.0. The second-order valence-electron chi connectivity index (χ2n) is 6.93. The third kappa shape index (κ3) is 10.4. The molecule has 0 aromatic rings. The van der Waals surface area contributed by atoms with Crippen molar-refractivity contribution in [1.29, 1.82) is 0 Å². The van der Waals surface area contributed by atoms with Crippen molar-refractivity contribution < 1.29 is 19.1 Å². The van der Waals surface area contributed by atoms with Crippen LogP contribution in [0.25, 0.3) is 0 Å². The molecule has 134 valence electrons. The van der Waals surface area contributed by atoms with Crippen LogP contribution in [0.3, 0.4) is 0 Å². The van der Waals surface area contributed by atoms with E-state index in [4.69, 9.17) is 4.74 Å². The molecule has 0 aromatic carbocycles. The maximum atomic E-state index is 11.5. The summed E-state index contributed by atoms with van der Waals surface area (Å²) in [6, 6.07) is 0. The minimum Gasteiger partial charge on any atom is -0.469 e. The average Bonchev–Trinajstić information content (AvgIpc) is 2.69. The number of hydrogen-bond donors (Lipinski definition) is 0. The van der Waals surface area contributed by atoms with E-state index < -0.39 is 0 Å². The second kappa shape index (κ2) is 12.4. The van der Waals surface area contributed by atoms with Crippen LogP contribution in [0.5, 0.6) is 0 Å². The van der Waals surface area contributed by atoms with Crippen LogP contribution in [-0.4, -0.2) is 25.2 Å². The van der Waals surface area contributed by atoms with E-state index in [-0.39, 0.29) is 18.0 Å². The summed E-state index contributed by atoms with van der Waals surface area (Å²) in [6.07, 6.45) is 13.7. The Morgan fingerprint density at radius 3 is 2.35 bits per heavy atom. The molecule has 1 aliphatic rings. The highest BCUT2D eigenvalue weighted by Gasteiger charge is 2.22. The molecule has 4 heteroatoms. The second-order valence-corrected chi connectivity index (χ2v) is 6.93. The van der Waals surface area contributed by atoms with Gasteiger partial charge in [-0.3, -0.25) is 9.59 Å². The molecule has 0 aromatic heterocycles. The first-order chi connectivity index (χ1) is 11.1. The van der Waals surface area contributed by atoms with Gasteiger partial charge in [-0.15, -0.1) is 0 Å². The molecule has 1 saturated heterocycles. The van der Waals surface area contributed by atoms with E-state index in [1.165, 1.54) is 39.2 Å². The average molecular weight is 326 g/mol. The number of rotatable bonds is 11. The lowest BCUT2D eigenvalue weighted by molar-refractivity contribution is -0.148. The van der Waals surface area contributed by atoms with Gasteiger partial charge in [0.15, 0.2) is 0 Å². The van der Waals surface area contributed by atoms with Gasteiger partial charge in [0.2, 0.25) is 0 Å². The van der Waals surface area contributed by atoms with Gasteiger partial charge in [0.1, 0.15) is 6.10 Å². The summed E-state index contributed by atoms with van der Waals surface area (Å²) >= 11 is 0. The molecular formula is C19H34O4. The predicted molar refractivity (Wildman–Crippen MR) is 91.1 cm³/mol. The van der Waals surface area contributed by atoms with Gasteiger partial charge < -0.3 is 9.47 Å². The highest BCUT2D eigenvalue weighted by atomic mass is 16.5. The molecule has 0 spiro atoms. The number of ether oxygens (including phenoxy) is 2. The number of carbonyl (C=O) groups is 2. The minimum atomic E-state index is -0.0986. The van der Waals surface area contributed by atoms with Crippen molar-refractivity contribution in [1.82, 2.24) is 0 Å². The summed E-state index contributed by atoms with van der Waals surface area (Å²) in [5, 5.41) is 0. The number of methoxy groups -OCH3 is 1. The van der Waals surface area contributed by atoms with Crippen molar-refractivity contribution in [2.45, 2.75) is 96.5 Å². The first-order valence-corrected chi connectivity index (χ1v) is 9.38. The Morgan fingerprint density at radius 1 is 1.09 bits per heavy atom. The zero-order chi connectivity index (χ0) is 16.9. The van der Waals surface area contributed by atoms with Gasteiger partial charge in [-0.25, -0.2) is 0 Å². The maximum absolute atomic E-state index is 11.5. The fourth-order valence-corrected chi connectivity index (χ4v) is 3.20. The van der Waals surface area contributed by atoms with E-state index in [2.05, 4.69) is 11.7 Å². The van der Waals surface area contributed by atoms with Crippen LogP contribution in [0.15, 0.2) is 0 Å². The largest absolute Gasteiger partial charge is 0.469 e. The molecule has 1 aliphatic heterocycles. The van der Waals surface area contributed by atoms with Crippen LogP contribution in [0, 0.1) is 5.92 Å². The normalized spacial score (nSPS) is 21.6. The summed E-state index contributed by atoms with van der Waals surface area (Å²) in [4.78, 5) is 22.5. The van der Waals surface area contributed by atoms with Gasteiger partial charge in [0, 0.05) is 12.8 Å². The summed E-state index contributed by atoms with van der Waals surface area (Å²) in [7, 11) is 1.44. The van der Waals surface area contributed by atoms with Crippen molar-refractivity contribution in [2.75, 3.05) is 7.11 Å². The maximum Gasteiger partial charge on any atom is 0.306 e. The van der Waals surface area contributed by atoms with Crippen LogP contribution < -0.4 is 0 Å². The van der Waals surface area contributed by atoms with Crippen LogP contribution in [0.1, 0.15) is 90.4 Å². The van der Waals surface area contributed by atoms with Crippen molar-refractivity contribution in [3.8, 4) is 0 Å². The van der Waals surface area contributed by atoms with E-state index in [1.54, 1.807) is 0 Å². The van der Waals surface area contributed by atoms with Gasteiger partial charge in [-0.2, -0.15) is 0 Å². The van der Waals surface area contributed by atoms with Crippen molar-refractivity contribution >= 4 is 11.9 Å². The number of hydrogen-bond acceptors (Lipinski definition) is 4. The number of cyclic esters (lactones) is 1. The van der Waals surface area contributed by atoms with Gasteiger partial charge >= 0.3 is 11.9 Å². The fraction of sp³-hybridized carbons (Fsp3) is 0.895. The molecule has 0 aliphatic carbocycles. The number of esters is 2. The standard InChI is InChI=1S/C19H34O4/c1-16-13-14-19(21)23-17(15-16)11-9-7-5-3-4-6-8-10-12-18(20)22-2/h16-17H,3-15H2,1-2H3. The molecular weight excluding hydrogens is 292 g/mol. The lowest BCUT2D eigenvalue weighted by atomic mass is 9.96. The fourth-order valence-electron chi connectivity index (χ4n) is 3.20. The highest BCUT2D eigenvalue weighted by molar-refractivity contribution is 5.69. The van der Waals surface area contributed by atoms with Crippen LogP contribution in [-0.2, 0) is 19.1 Å². The zero-order valence-electron chi connectivity index (χ0n) is 15.0. The summed E-state index contributed by atoms with van der Waals surface area (Å²) in [6.45, 7) is 2.22. The lowest BCUT2D eigenvalue weighted by Gasteiger charge is -2.16. The van der Waals surface area contributed by atoms with Crippen LogP contribution in [0.2, 0.25) is 0 Å². The third-order valence-electron chi connectivity index (χ3n) is 4.69. The molecule has 23 heavy (non-hydrogen) atoms. The first-order valence-electron chi connectivity index (χ1n) is 9.38. The summed E-state index contributed by atoms with van der Waals surface area (Å²) < 4.78 is 10.1. The Kier molecular flexibility index (Phi) is 10.8. The van der Waals surface area contributed by atoms with Crippen LogP contribution >= 0.6 is 0 Å². The molecule has 1 heterocycles. The Balaban J connectivity index is 1.91. The van der Waals surface area contributed by atoms with Gasteiger partial charge in [-0.1, -0.05) is 45.4 Å². The zero-order valence-corrected chi connectivity index (χ0v) is 15.0. The molecule has 2 atom stereocenters. The third-order valence-corrected chi connectivity index (χ3v) is 4.69. The molecule has 1 rings (SSSR count). The van der Waals surface area contributed by atoms with E-state index in [1.807, 2.05) is 0 Å². The van der Waals surface area contributed by atoms with Crippen molar-refractivity contribution in [3.05, 3.63) is 0 Å². The van der Waals surface area contributed by atoms with E-state index in [0.717, 1.165) is 38.5 Å². The van der Waals surface area contributed by atoms with E-state index in [0.29, 0.717) is 18.8 Å². The Labute approximate surface area is 141 Å².